The maximum Gasteiger partial charge on any atom is 0.335 e. The maximum atomic E-state index is 13.0. The van der Waals surface area contributed by atoms with E-state index in [4.69, 9.17) is 4.74 Å². The molecule has 2 aromatic carbocycles. The summed E-state index contributed by atoms with van der Waals surface area (Å²) in [4.78, 5) is 38.7. The third-order valence-electron chi connectivity index (χ3n) is 4.57. The molecule has 0 radical (unpaired) electrons. The highest BCUT2D eigenvalue weighted by Crippen LogP contribution is 2.33. The zero-order valence-electron chi connectivity index (χ0n) is 16.4. The Morgan fingerprint density at radius 3 is 2.60 bits per heavy atom. The van der Waals surface area contributed by atoms with Gasteiger partial charge >= 0.3 is 6.03 Å². The normalized spacial score (nSPS) is 15.4. The van der Waals surface area contributed by atoms with E-state index in [-0.39, 0.29) is 17.1 Å². The minimum Gasteiger partial charge on any atom is -0.504 e. The van der Waals surface area contributed by atoms with Gasteiger partial charge in [0.1, 0.15) is 5.57 Å². The number of allylic oxidation sites excluding steroid dienone is 1. The van der Waals surface area contributed by atoms with Gasteiger partial charge in [-0.2, -0.15) is 0 Å². The molecular weight excluding hydrogens is 452 g/mol. The second-order valence-corrected chi connectivity index (χ2v) is 7.47. The van der Waals surface area contributed by atoms with E-state index >= 15 is 0 Å². The number of methoxy groups -OCH3 is 1. The first-order valence-electron chi connectivity index (χ1n) is 8.95. The van der Waals surface area contributed by atoms with Crippen LogP contribution in [0.15, 0.2) is 53.0 Å². The van der Waals surface area contributed by atoms with E-state index in [1.165, 1.54) is 19.3 Å². The molecular formula is C22H19BrN2O5. The molecule has 0 bridgehead atoms. The number of ether oxygens (including phenoxy) is 1. The molecule has 3 rings (SSSR count). The third kappa shape index (κ3) is 3.99. The van der Waals surface area contributed by atoms with Crippen molar-refractivity contribution in [1.29, 1.82) is 0 Å². The molecule has 0 unspecified atom stereocenters. The molecule has 1 heterocycles. The number of hydrogen-bond donors (Lipinski definition) is 2. The number of imide groups is 2. The van der Waals surface area contributed by atoms with Crippen molar-refractivity contribution in [3.8, 4) is 11.5 Å². The number of hydrogen-bond acceptors (Lipinski definition) is 5. The van der Waals surface area contributed by atoms with Crippen molar-refractivity contribution in [1.82, 2.24) is 5.32 Å². The molecule has 30 heavy (non-hydrogen) atoms. The number of nitrogens with one attached hydrogen (secondary N) is 1. The van der Waals surface area contributed by atoms with Crippen LogP contribution in [0.2, 0.25) is 0 Å². The number of amides is 4. The number of aromatic hydroxyl groups is 1. The van der Waals surface area contributed by atoms with Crippen molar-refractivity contribution < 1.29 is 24.2 Å². The molecule has 4 amide bonds. The van der Waals surface area contributed by atoms with E-state index in [0.717, 1.165) is 14.9 Å². The Morgan fingerprint density at radius 1 is 1.23 bits per heavy atom. The topological polar surface area (TPSA) is 95.9 Å². The van der Waals surface area contributed by atoms with E-state index < -0.39 is 17.8 Å². The van der Waals surface area contributed by atoms with Crippen LogP contribution in [0.25, 0.3) is 6.08 Å². The second-order valence-electron chi connectivity index (χ2n) is 6.62. The number of rotatable bonds is 5. The summed E-state index contributed by atoms with van der Waals surface area (Å²) in [7, 11) is 1.40. The SMILES string of the molecule is C=CCc1cc(C=C2C(=O)NC(=O)N(c3ccc(Br)c(C)c3)C2=O)cc(OC)c1O. The predicted molar refractivity (Wildman–Crippen MR) is 116 cm³/mol. The molecule has 2 N–H and O–H groups in total. The molecule has 1 aliphatic heterocycles. The van der Waals surface area contributed by atoms with Crippen LogP contribution in [0, 0.1) is 6.92 Å². The van der Waals surface area contributed by atoms with Gasteiger partial charge in [-0.25, -0.2) is 9.69 Å². The molecule has 1 saturated heterocycles. The van der Waals surface area contributed by atoms with Crippen LogP contribution in [0.1, 0.15) is 16.7 Å². The monoisotopic (exact) mass is 470 g/mol. The quantitative estimate of drug-likeness (QED) is 0.392. The van der Waals surface area contributed by atoms with Gasteiger partial charge in [0.2, 0.25) is 0 Å². The van der Waals surface area contributed by atoms with Gasteiger partial charge in [-0.15, -0.1) is 6.58 Å². The minimum absolute atomic E-state index is 0.0406. The first kappa shape index (κ1) is 21.3. The largest absolute Gasteiger partial charge is 0.504 e. The maximum absolute atomic E-state index is 13.0. The van der Waals surface area contributed by atoms with E-state index in [9.17, 15) is 19.5 Å². The molecule has 0 spiro atoms. The zero-order valence-corrected chi connectivity index (χ0v) is 17.9. The van der Waals surface area contributed by atoms with Gasteiger partial charge in [-0.3, -0.25) is 14.9 Å². The lowest BCUT2D eigenvalue weighted by molar-refractivity contribution is -0.122. The summed E-state index contributed by atoms with van der Waals surface area (Å²) >= 11 is 3.38. The van der Waals surface area contributed by atoms with E-state index in [1.54, 1.807) is 30.3 Å². The number of phenols is 1. The molecule has 0 aromatic heterocycles. The Balaban J connectivity index is 2.07. The van der Waals surface area contributed by atoms with Crippen LogP contribution in [-0.2, 0) is 16.0 Å². The third-order valence-corrected chi connectivity index (χ3v) is 5.46. The Hall–Kier alpha value is -3.39. The van der Waals surface area contributed by atoms with Crippen molar-refractivity contribution in [2.45, 2.75) is 13.3 Å². The summed E-state index contributed by atoms with van der Waals surface area (Å²) < 4.78 is 6.01. The Labute approximate surface area is 181 Å². The Bertz CT molecular complexity index is 1110. The van der Waals surface area contributed by atoms with Crippen molar-refractivity contribution in [3.63, 3.8) is 0 Å². The number of carbonyl (C=O) groups is 3. The van der Waals surface area contributed by atoms with Crippen molar-refractivity contribution in [2.24, 2.45) is 0 Å². The predicted octanol–water partition coefficient (Wildman–Crippen LogP) is 3.87. The number of anilines is 1. The lowest BCUT2D eigenvalue weighted by Gasteiger charge is -2.26. The van der Waals surface area contributed by atoms with Crippen LogP contribution in [0.5, 0.6) is 11.5 Å². The van der Waals surface area contributed by atoms with Crippen LogP contribution in [0.4, 0.5) is 10.5 Å². The summed E-state index contributed by atoms with van der Waals surface area (Å²) in [6.45, 7) is 5.48. The highest BCUT2D eigenvalue weighted by Gasteiger charge is 2.37. The number of phenolic OH excluding ortho intramolecular Hbond substituents is 1. The standard InChI is InChI=1S/C22H19BrN2O5/c1-4-5-14-9-13(11-18(30-3)19(14)26)10-16-20(27)24-22(29)25(21(16)28)15-6-7-17(23)12(2)8-15/h4,6-11,26H,1,5H2,2-3H3,(H,24,27,29). The van der Waals surface area contributed by atoms with Crippen LogP contribution < -0.4 is 15.0 Å². The summed E-state index contributed by atoms with van der Waals surface area (Å²) in [5.74, 6) is -1.39. The van der Waals surface area contributed by atoms with Gasteiger partial charge in [-0.1, -0.05) is 22.0 Å². The summed E-state index contributed by atoms with van der Waals surface area (Å²) in [5.41, 5.74) is 1.94. The lowest BCUT2D eigenvalue weighted by Crippen LogP contribution is -2.54. The van der Waals surface area contributed by atoms with E-state index in [1.807, 2.05) is 6.92 Å². The highest BCUT2D eigenvalue weighted by molar-refractivity contribution is 9.10. The van der Waals surface area contributed by atoms with Gasteiger partial charge in [0.15, 0.2) is 11.5 Å². The first-order chi connectivity index (χ1) is 14.3. The Morgan fingerprint density at radius 2 is 1.97 bits per heavy atom. The number of aryl methyl sites for hydroxylation is 1. The van der Waals surface area contributed by atoms with E-state index in [2.05, 4.69) is 27.8 Å². The van der Waals surface area contributed by atoms with Crippen molar-refractivity contribution in [2.75, 3.05) is 12.0 Å². The van der Waals surface area contributed by atoms with Crippen LogP contribution in [0.3, 0.4) is 0 Å². The lowest BCUT2D eigenvalue weighted by atomic mass is 10.0. The number of halogens is 1. The number of carbonyl (C=O) groups excluding carboxylic acids is 3. The van der Waals surface area contributed by atoms with Gasteiger partial charge in [-0.05, 0) is 60.9 Å². The fourth-order valence-corrected chi connectivity index (χ4v) is 3.31. The molecule has 154 valence electrons. The summed E-state index contributed by atoms with van der Waals surface area (Å²) in [5, 5.41) is 12.4. The molecule has 1 aliphatic rings. The van der Waals surface area contributed by atoms with Crippen molar-refractivity contribution >= 4 is 45.5 Å². The van der Waals surface area contributed by atoms with Gasteiger partial charge < -0.3 is 9.84 Å². The number of barbiturate groups is 1. The second kappa shape index (κ2) is 8.54. The number of nitrogens with zero attached hydrogens (tertiary/aromatic N) is 1. The Kier molecular flexibility index (Phi) is 6.07. The number of urea groups is 1. The molecule has 0 aliphatic carbocycles. The average molecular weight is 471 g/mol. The molecule has 8 heteroatoms. The molecule has 7 nitrogen and oxygen atoms in total. The molecule has 0 saturated carbocycles. The van der Waals surface area contributed by atoms with Gasteiger partial charge in [0.05, 0.1) is 12.8 Å². The number of benzene rings is 2. The van der Waals surface area contributed by atoms with Crippen LogP contribution in [-0.4, -0.2) is 30.1 Å². The highest BCUT2D eigenvalue weighted by atomic mass is 79.9. The smallest absolute Gasteiger partial charge is 0.335 e. The summed E-state index contributed by atoms with van der Waals surface area (Å²) in [6, 6.07) is 7.29. The fourth-order valence-electron chi connectivity index (χ4n) is 3.07. The van der Waals surface area contributed by atoms with Crippen LogP contribution >= 0.6 is 15.9 Å². The van der Waals surface area contributed by atoms with Gasteiger partial charge in [0, 0.05) is 10.0 Å². The first-order valence-corrected chi connectivity index (χ1v) is 9.74. The fraction of sp³-hybridized carbons (Fsp3) is 0.136. The van der Waals surface area contributed by atoms with Gasteiger partial charge in [0.25, 0.3) is 11.8 Å². The molecule has 1 fully saturated rings. The molecule has 2 aromatic rings. The van der Waals surface area contributed by atoms with E-state index in [0.29, 0.717) is 23.2 Å². The average Bonchev–Trinajstić information content (AvgIpc) is 2.70. The zero-order chi connectivity index (χ0) is 22.0. The van der Waals surface area contributed by atoms with Crippen molar-refractivity contribution in [3.05, 3.63) is 69.7 Å². The summed E-state index contributed by atoms with van der Waals surface area (Å²) in [6.07, 6.45) is 3.33. The molecule has 0 atom stereocenters. The minimum atomic E-state index is -0.820.